The van der Waals surface area contributed by atoms with E-state index in [0.29, 0.717) is 25.9 Å². The third-order valence-electron chi connectivity index (χ3n) is 5.24. The van der Waals surface area contributed by atoms with Crippen molar-refractivity contribution < 1.29 is 17.6 Å². The number of carbonyl (C=O) groups is 1. The van der Waals surface area contributed by atoms with Crippen LogP contribution in [-0.2, 0) is 9.84 Å². The number of carbonyl (C=O) groups excluding carboxylic acids is 1. The molecule has 0 radical (unpaired) electrons. The second-order valence-electron chi connectivity index (χ2n) is 6.97. The second kappa shape index (κ2) is 7.72. The number of halogens is 1. The number of sulfone groups is 1. The van der Waals surface area contributed by atoms with Crippen LogP contribution in [0, 0.1) is 5.82 Å². The Hall–Kier alpha value is -1.63. The highest BCUT2D eigenvalue weighted by Gasteiger charge is 2.33. The molecule has 2 fully saturated rings. The van der Waals surface area contributed by atoms with Gasteiger partial charge in [0, 0.05) is 19.1 Å². The van der Waals surface area contributed by atoms with Crippen LogP contribution in [0.15, 0.2) is 29.2 Å². The third kappa shape index (κ3) is 4.32. The van der Waals surface area contributed by atoms with Gasteiger partial charge in [-0.2, -0.15) is 0 Å². The van der Waals surface area contributed by atoms with Gasteiger partial charge in [-0.05, 0) is 49.9 Å². The van der Waals surface area contributed by atoms with Gasteiger partial charge < -0.3 is 10.2 Å². The van der Waals surface area contributed by atoms with Gasteiger partial charge in [0.25, 0.3) is 0 Å². The summed E-state index contributed by atoms with van der Waals surface area (Å²) in [5.74, 6) is -0.451. The Labute approximate surface area is 148 Å². The van der Waals surface area contributed by atoms with Crippen molar-refractivity contribution in [3.8, 4) is 0 Å². The smallest absolute Gasteiger partial charge is 0.317 e. The van der Waals surface area contributed by atoms with Gasteiger partial charge in [0.1, 0.15) is 5.82 Å². The van der Waals surface area contributed by atoms with Crippen molar-refractivity contribution >= 4 is 15.9 Å². The van der Waals surface area contributed by atoms with Gasteiger partial charge in [-0.25, -0.2) is 17.6 Å². The fourth-order valence-electron chi connectivity index (χ4n) is 3.70. The van der Waals surface area contributed by atoms with Gasteiger partial charge >= 0.3 is 6.03 Å². The Bertz CT molecular complexity index is 692. The van der Waals surface area contributed by atoms with Crippen molar-refractivity contribution in [1.29, 1.82) is 0 Å². The molecule has 5 nitrogen and oxygen atoms in total. The van der Waals surface area contributed by atoms with E-state index in [-0.39, 0.29) is 17.0 Å². The maximum Gasteiger partial charge on any atom is 0.317 e. The average Bonchev–Trinajstić information content (AvgIpc) is 2.63. The second-order valence-corrected chi connectivity index (χ2v) is 9.20. The molecule has 2 amide bonds. The number of nitrogens with zero attached hydrogens (tertiary/aromatic N) is 1. The largest absolute Gasteiger partial charge is 0.335 e. The lowest BCUT2D eigenvalue weighted by molar-refractivity contribution is 0.179. The lowest BCUT2D eigenvalue weighted by Crippen LogP contribution is -2.49. The normalized spacial score (nSPS) is 20.4. The number of likely N-dealkylation sites (tertiary alicyclic amines) is 1. The molecule has 0 atom stereocenters. The molecular formula is C18H25FN2O3S. The molecule has 1 aromatic rings. The minimum Gasteiger partial charge on any atom is -0.335 e. The fourth-order valence-corrected chi connectivity index (χ4v) is 5.43. The molecule has 1 saturated carbocycles. The molecule has 1 saturated heterocycles. The Morgan fingerprint density at radius 1 is 1.00 bits per heavy atom. The lowest BCUT2D eigenvalue weighted by atomic mass is 9.96. The number of piperidine rings is 1. The molecule has 2 aliphatic rings. The Kier molecular flexibility index (Phi) is 5.61. The van der Waals surface area contributed by atoms with Gasteiger partial charge in [-0.3, -0.25) is 0 Å². The summed E-state index contributed by atoms with van der Waals surface area (Å²) in [6.07, 6.45) is 6.43. The topological polar surface area (TPSA) is 66.5 Å². The molecule has 7 heteroatoms. The first-order chi connectivity index (χ1) is 12.0. The summed E-state index contributed by atoms with van der Waals surface area (Å²) < 4.78 is 38.3. The van der Waals surface area contributed by atoms with Crippen molar-refractivity contribution in [2.45, 2.75) is 61.1 Å². The number of urea groups is 1. The third-order valence-corrected chi connectivity index (χ3v) is 7.52. The van der Waals surface area contributed by atoms with E-state index in [1.54, 1.807) is 4.90 Å². The van der Waals surface area contributed by atoms with E-state index in [1.165, 1.54) is 30.7 Å². The molecule has 0 spiro atoms. The zero-order valence-electron chi connectivity index (χ0n) is 14.3. The first kappa shape index (κ1) is 18.2. The summed E-state index contributed by atoms with van der Waals surface area (Å²) >= 11 is 0. The molecule has 0 unspecified atom stereocenters. The van der Waals surface area contributed by atoms with Gasteiger partial charge in [0.15, 0.2) is 9.84 Å². The summed E-state index contributed by atoms with van der Waals surface area (Å²) in [6.45, 7) is 0.868. The van der Waals surface area contributed by atoms with Crippen LogP contribution in [0.2, 0.25) is 0 Å². The molecule has 3 rings (SSSR count). The van der Waals surface area contributed by atoms with Crippen LogP contribution in [0.25, 0.3) is 0 Å². The monoisotopic (exact) mass is 368 g/mol. The van der Waals surface area contributed by atoms with E-state index in [4.69, 9.17) is 0 Å². The van der Waals surface area contributed by atoms with E-state index in [2.05, 4.69) is 5.32 Å². The van der Waals surface area contributed by atoms with Gasteiger partial charge in [-0.15, -0.1) is 0 Å². The zero-order chi connectivity index (χ0) is 17.9. The SMILES string of the molecule is O=C(NC1CCCCC1)N1CCC(S(=O)(=O)c2ccc(F)cc2)CC1. The Balaban J connectivity index is 1.55. The van der Waals surface area contributed by atoms with Crippen LogP contribution >= 0.6 is 0 Å². The molecule has 138 valence electrons. The quantitative estimate of drug-likeness (QED) is 0.834. The number of hydrogen-bond acceptors (Lipinski definition) is 3. The first-order valence-corrected chi connectivity index (χ1v) is 10.6. The fraction of sp³-hybridized carbons (Fsp3) is 0.611. The summed E-state index contributed by atoms with van der Waals surface area (Å²) in [5.41, 5.74) is 0. The molecule has 1 aliphatic carbocycles. The Morgan fingerprint density at radius 2 is 1.60 bits per heavy atom. The summed E-state index contributed by atoms with van der Waals surface area (Å²) in [7, 11) is -3.48. The van der Waals surface area contributed by atoms with Crippen LogP contribution in [0.1, 0.15) is 44.9 Å². The minimum atomic E-state index is -3.48. The van der Waals surface area contributed by atoms with E-state index >= 15 is 0 Å². The van der Waals surface area contributed by atoms with Crippen LogP contribution < -0.4 is 5.32 Å². The average molecular weight is 368 g/mol. The summed E-state index contributed by atoms with van der Waals surface area (Å²) in [6, 6.07) is 5.13. The van der Waals surface area contributed by atoms with Gasteiger partial charge in [0.05, 0.1) is 10.1 Å². The molecule has 0 bridgehead atoms. The first-order valence-electron chi connectivity index (χ1n) is 9.02. The number of rotatable bonds is 3. The number of amides is 2. The maximum atomic E-state index is 13.0. The van der Waals surface area contributed by atoms with Crippen molar-refractivity contribution in [3.05, 3.63) is 30.1 Å². The van der Waals surface area contributed by atoms with E-state index in [9.17, 15) is 17.6 Å². The molecule has 1 aliphatic heterocycles. The molecule has 0 aromatic heterocycles. The number of nitrogens with one attached hydrogen (secondary N) is 1. The lowest BCUT2D eigenvalue weighted by Gasteiger charge is -2.33. The van der Waals surface area contributed by atoms with Crippen molar-refractivity contribution in [2.75, 3.05) is 13.1 Å². The van der Waals surface area contributed by atoms with E-state index in [1.807, 2.05) is 0 Å². The van der Waals surface area contributed by atoms with Gasteiger partial charge in [0.2, 0.25) is 0 Å². The molecule has 25 heavy (non-hydrogen) atoms. The standard InChI is InChI=1S/C18H25FN2O3S/c19-14-6-8-16(9-7-14)25(23,24)17-10-12-21(13-11-17)18(22)20-15-4-2-1-3-5-15/h6-9,15,17H,1-5,10-13H2,(H,20,22). The van der Waals surface area contributed by atoms with E-state index < -0.39 is 20.9 Å². The van der Waals surface area contributed by atoms with Crippen molar-refractivity contribution in [2.24, 2.45) is 0 Å². The molecule has 1 aromatic carbocycles. The number of benzene rings is 1. The maximum absolute atomic E-state index is 13.0. The van der Waals surface area contributed by atoms with Crippen LogP contribution in [-0.4, -0.2) is 43.7 Å². The highest BCUT2D eigenvalue weighted by Crippen LogP contribution is 2.25. The molecule has 1 N–H and O–H groups in total. The zero-order valence-corrected chi connectivity index (χ0v) is 15.1. The summed E-state index contributed by atoms with van der Waals surface area (Å²) in [5, 5.41) is 2.56. The predicted octanol–water partition coefficient (Wildman–Crippen LogP) is 3.11. The molecular weight excluding hydrogens is 343 g/mol. The van der Waals surface area contributed by atoms with Crippen LogP contribution in [0.5, 0.6) is 0 Å². The van der Waals surface area contributed by atoms with Crippen LogP contribution in [0.4, 0.5) is 9.18 Å². The number of hydrogen-bond donors (Lipinski definition) is 1. The Morgan fingerprint density at radius 3 is 2.20 bits per heavy atom. The predicted molar refractivity (Wildman–Crippen MR) is 93.6 cm³/mol. The highest BCUT2D eigenvalue weighted by molar-refractivity contribution is 7.92. The highest BCUT2D eigenvalue weighted by atomic mass is 32.2. The minimum absolute atomic E-state index is 0.0791. The van der Waals surface area contributed by atoms with E-state index in [0.717, 1.165) is 25.7 Å². The van der Waals surface area contributed by atoms with Gasteiger partial charge in [-0.1, -0.05) is 19.3 Å². The van der Waals surface area contributed by atoms with Crippen molar-refractivity contribution in [3.63, 3.8) is 0 Å². The van der Waals surface area contributed by atoms with Crippen LogP contribution in [0.3, 0.4) is 0 Å². The van der Waals surface area contributed by atoms with Crippen molar-refractivity contribution in [1.82, 2.24) is 10.2 Å². The molecule has 1 heterocycles. The summed E-state index contributed by atoms with van der Waals surface area (Å²) in [4.78, 5) is 14.2.